The number of hydrogen-bond donors (Lipinski definition) is 1. The van der Waals surface area contributed by atoms with Crippen LogP contribution >= 0.6 is 0 Å². The summed E-state index contributed by atoms with van der Waals surface area (Å²) in [5, 5.41) is 9.42. The van der Waals surface area contributed by atoms with E-state index < -0.39 is 64.5 Å². The number of rotatable bonds is 5. The van der Waals surface area contributed by atoms with Gasteiger partial charge in [-0.05, 0) is 30.3 Å². The van der Waals surface area contributed by atoms with Gasteiger partial charge in [-0.3, -0.25) is 4.79 Å². The fourth-order valence-corrected chi connectivity index (χ4v) is 2.94. The second-order valence-corrected chi connectivity index (χ2v) is 6.74. The molecule has 0 aliphatic carbocycles. The molecule has 4 rings (SSSR count). The van der Waals surface area contributed by atoms with Crippen LogP contribution in [0.2, 0.25) is 0 Å². The molecule has 0 aliphatic heterocycles. The maximum absolute atomic E-state index is 14.9. The van der Waals surface area contributed by atoms with Crippen molar-refractivity contribution in [2.75, 3.05) is 11.9 Å². The average Bonchev–Trinajstić information content (AvgIpc) is 3.11. The Morgan fingerprint density at radius 1 is 1.03 bits per heavy atom. The highest BCUT2D eigenvalue weighted by molar-refractivity contribution is 6.06. The predicted molar refractivity (Wildman–Crippen MR) is 104 cm³/mol. The Labute approximate surface area is 185 Å². The van der Waals surface area contributed by atoms with Crippen LogP contribution in [-0.4, -0.2) is 38.1 Å². The van der Waals surface area contributed by atoms with Crippen LogP contribution in [0.25, 0.3) is 11.3 Å². The normalized spacial score (nSPS) is 11.6. The van der Waals surface area contributed by atoms with Gasteiger partial charge in [-0.2, -0.15) is 27.5 Å². The summed E-state index contributed by atoms with van der Waals surface area (Å²) in [5.41, 5.74) is -3.32. The molecule has 14 heteroatoms. The number of carbonyl (C=O) groups excluding carboxylic acids is 1. The van der Waals surface area contributed by atoms with Gasteiger partial charge < -0.3 is 10.1 Å². The van der Waals surface area contributed by atoms with Crippen molar-refractivity contribution >= 4 is 17.2 Å². The lowest BCUT2D eigenvalue weighted by Crippen LogP contribution is -2.24. The highest BCUT2D eigenvalue weighted by Crippen LogP contribution is 2.29. The van der Waals surface area contributed by atoms with Gasteiger partial charge in [0, 0.05) is 12.3 Å². The minimum Gasteiger partial charge on any atom is -0.483 e. The number of alkyl halides is 3. The standard InChI is InChI=1S/C20H11F6N5O3/c21-11-3-1-4-12(22)17(11)28-18(32)10-7-13(23)14(8-15(10)34-9-20(24,25)26)30-19(33)31-16(29-30)5-2-6-27-31/h1-8H,9H2,(H,28,32). The van der Waals surface area contributed by atoms with Crippen LogP contribution in [-0.2, 0) is 0 Å². The van der Waals surface area contributed by atoms with E-state index in [1.165, 1.54) is 18.3 Å². The first-order chi connectivity index (χ1) is 16.0. The van der Waals surface area contributed by atoms with E-state index in [9.17, 15) is 35.9 Å². The van der Waals surface area contributed by atoms with Crippen molar-refractivity contribution in [3.05, 3.63) is 82.2 Å². The van der Waals surface area contributed by atoms with Crippen LogP contribution in [0, 0.1) is 17.5 Å². The van der Waals surface area contributed by atoms with Gasteiger partial charge in [0.2, 0.25) is 0 Å². The number of ether oxygens (including phenoxy) is 1. The second-order valence-electron chi connectivity index (χ2n) is 6.74. The molecular formula is C20H11F6N5O3. The van der Waals surface area contributed by atoms with Crippen molar-refractivity contribution in [1.82, 2.24) is 19.4 Å². The molecule has 2 aromatic heterocycles. The van der Waals surface area contributed by atoms with E-state index >= 15 is 0 Å². The summed E-state index contributed by atoms with van der Waals surface area (Å²) in [6.45, 7) is -1.88. The van der Waals surface area contributed by atoms with E-state index in [2.05, 4.69) is 14.9 Å². The molecule has 0 unspecified atom stereocenters. The molecule has 0 bridgehead atoms. The third-order valence-corrected chi connectivity index (χ3v) is 4.41. The van der Waals surface area contributed by atoms with Crippen molar-refractivity contribution in [3.63, 3.8) is 0 Å². The maximum atomic E-state index is 14.9. The summed E-state index contributed by atoms with van der Waals surface area (Å²) in [5.74, 6) is -5.79. The van der Waals surface area contributed by atoms with Crippen LogP contribution in [0.1, 0.15) is 10.4 Å². The lowest BCUT2D eigenvalue weighted by atomic mass is 10.1. The molecule has 0 saturated heterocycles. The summed E-state index contributed by atoms with van der Waals surface area (Å²) < 4.78 is 86.9. The van der Waals surface area contributed by atoms with Crippen LogP contribution in [0.15, 0.2) is 53.5 Å². The SMILES string of the molecule is O=C(Nc1c(F)cccc1F)c1cc(F)c(-n2nc3cccnn3c2=O)cc1OCC(F)(F)F. The number of halogens is 6. The first kappa shape index (κ1) is 22.8. The lowest BCUT2D eigenvalue weighted by Gasteiger charge is -2.15. The van der Waals surface area contributed by atoms with E-state index in [1.54, 1.807) is 0 Å². The third kappa shape index (κ3) is 4.42. The van der Waals surface area contributed by atoms with Gasteiger partial charge in [0.05, 0.1) is 5.56 Å². The van der Waals surface area contributed by atoms with Gasteiger partial charge in [-0.25, -0.2) is 18.0 Å². The number of benzene rings is 2. The molecule has 0 fully saturated rings. The largest absolute Gasteiger partial charge is 0.483 e. The van der Waals surface area contributed by atoms with Crippen LogP contribution in [0.4, 0.5) is 32.0 Å². The Morgan fingerprint density at radius 3 is 2.38 bits per heavy atom. The number of carbonyl (C=O) groups is 1. The molecule has 0 atom stereocenters. The first-order valence-corrected chi connectivity index (χ1v) is 9.27. The second kappa shape index (κ2) is 8.53. The molecule has 176 valence electrons. The zero-order chi connectivity index (χ0) is 24.6. The minimum atomic E-state index is -4.84. The Bertz CT molecular complexity index is 1440. The summed E-state index contributed by atoms with van der Waals surface area (Å²) >= 11 is 0. The van der Waals surface area contributed by atoms with Crippen molar-refractivity contribution in [1.29, 1.82) is 0 Å². The number of para-hydroxylation sites is 1. The number of hydrogen-bond acceptors (Lipinski definition) is 5. The molecule has 2 aromatic carbocycles. The molecule has 1 N–H and O–H groups in total. The van der Waals surface area contributed by atoms with Gasteiger partial charge in [0.15, 0.2) is 12.3 Å². The molecule has 34 heavy (non-hydrogen) atoms. The number of nitrogens with one attached hydrogen (secondary N) is 1. The summed E-state index contributed by atoms with van der Waals surface area (Å²) in [6, 6.07) is 6.58. The summed E-state index contributed by atoms with van der Waals surface area (Å²) in [4.78, 5) is 25.1. The van der Waals surface area contributed by atoms with Crippen molar-refractivity contribution in [2.24, 2.45) is 0 Å². The van der Waals surface area contributed by atoms with Gasteiger partial charge >= 0.3 is 11.9 Å². The monoisotopic (exact) mass is 483 g/mol. The molecule has 4 aromatic rings. The number of fused-ring (bicyclic) bond motifs is 1. The molecule has 8 nitrogen and oxygen atoms in total. The van der Waals surface area contributed by atoms with Crippen molar-refractivity contribution in [3.8, 4) is 11.4 Å². The Hall–Kier alpha value is -4.36. The van der Waals surface area contributed by atoms with Crippen LogP contribution in [0.3, 0.4) is 0 Å². The van der Waals surface area contributed by atoms with E-state index in [0.717, 1.165) is 22.7 Å². The number of aromatic nitrogens is 4. The van der Waals surface area contributed by atoms with Crippen molar-refractivity contribution < 1.29 is 35.9 Å². The maximum Gasteiger partial charge on any atom is 0.422 e. The number of anilines is 1. The molecule has 0 aliphatic rings. The lowest BCUT2D eigenvalue weighted by molar-refractivity contribution is -0.153. The fourth-order valence-electron chi connectivity index (χ4n) is 2.94. The number of amides is 1. The quantitative estimate of drug-likeness (QED) is 0.439. The molecule has 0 spiro atoms. The summed E-state index contributed by atoms with van der Waals surface area (Å²) in [6.07, 6.45) is -3.59. The highest BCUT2D eigenvalue weighted by atomic mass is 19.4. The van der Waals surface area contributed by atoms with Gasteiger partial charge in [-0.1, -0.05) is 6.07 Å². The first-order valence-electron chi connectivity index (χ1n) is 9.27. The van der Waals surface area contributed by atoms with E-state index in [-0.39, 0.29) is 5.65 Å². The fraction of sp³-hybridized carbons (Fsp3) is 0.100. The molecular weight excluding hydrogens is 472 g/mol. The Balaban J connectivity index is 1.81. The molecule has 1 amide bonds. The number of nitrogens with zero attached hydrogens (tertiary/aromatic N) is 4. The highest BCUT2D eigenvalue weighted by Gasteiger charge is 2.30. The zero-order valence-electron chi connectivity index (χ0n) is 16.6. The van der Waals surface area contributed by atoms with Crippen LogP contribution < -0.4 is 15.7 Å². The van der Waals surface area contributed by atoms with Gasteiger partial charge in [0.25, 0.3) is 5.91 Å². The Morgan fingerprint density at radius 2 is 1.74 bits per heavy atom. The minimum absolute atomic E-state index is 0.00140. The topological polar surface area (TPSA) is 90.5 Å². The summed E-state index contributed by atoms with van der Waals surface area (Å²) in [7, 11) is 0. The third-order valence-electron chi connectivity index (χ3n) is 4.41. The average molecular weight is 483 g/mol. The molecule has 0 saturated carbocycles. The van der Waals surface area contributed by atoms with E-state index in [1.807, 2.05) is 5.32 Å². The molecule has 0 radical (unpaired) electrons. The Kier molecular flexibility index (Phi) is 5.73. The van der Waals surface area contributed by atoms with E-state index in [4.69, 9.17) is 0 Å². The molecule has 2 heterocycles. The van der Waals surface area contributed by atoms with Crippen LogP contribution in [0.5, 0.6) is 5.75 Å². The van der Waals surface area contributed by atoms with Crippen molar-refractivity contribution in [2.45, 2.75) is 6.18 Å². The smallest absolute Gasteiger partial charge is 0.422 e. The zero-order valence-corrected chi connectivity index (χ0v) is 16.6. The van der Waals surface area contributed by atoms with Gasteiger partial charge in [-0.15, -0.1) is 5.10 Å². The van der Waals surface area contributed by atoms with Gasteiger partial charge in [0.1, 0.15) is 34.6 Å². The predicted octanol–water partition coefficient (Wildman–Crippen LogP) is 3.49. The van der Waals surface area contributed by atoms with E-state index in [0.29, 0.717) is 16.8 Å².